The molecule has 0 aromatic heterocycles. The van der Waals surface area contributed by atoms with Gasteiger partial charge < -0.3 is 0 Å². The molecule has 1 nitrogen and oxygen atoms in total. The van der Waals surface area contributed by atoms with Gasteiger partial charge in [-0.15, -0.1) is 11.8 Å². The Kier molecular flexibility index (Phi) is 3.89. The summed E-state index contributed by atoms with van der Waals surface area (Å²) < 4.78 is 1.13. The molecule has 0 bridgehead atoms. The number of hydrogen-bond acceptors (Lipinski definition) is 2. The van der Waals surface area contributed by atoms with Crippen molar-refractivity contribution in [2.45, 2.75) is 11.8 Å². The van der Waals surface area contributed by atoms with Gasteiger partial charge in [0.1, 0.15) is 0 Å². The highest BCUT2D eigenvalue weighted by Gasteiger charge is 1.97. The number of benzene rings is 1. The first-order valence-corrected chi connectivity index (χ1v) is 5.66. The Morgan fingerprint density at radius 3 is 2.83 bits per heavy atom. The van der Waals surface area contributed by atoms with Gasteiger partial charge in [-0.3, -0.25) is 0 Å². The van der Waals surface area contributed by atoms with Gasteiger partial charge in [0.05, 0.1) is 11.6 Å². The fourth-order valence-corrected chi connectivity index (χ4v) is 2.51. The van der Waals surface area contributed by atoms with Crippen molar-refractivity contribution in [2.75, 3.05) is 5.75 Å². The maximum Gasteiger partial charge on any atom is 0.0992 e. The Morgan fingerprint density at radius 1 is 1.50 bits per heavy atom. The zero-order chi connectivity index (χ0) is 8.97. The van der Waals surface area contributed by atoms with Gasteiger partial charge in [0.15, 0.2) is 0 Å². The number of hydrogen-bond donors (Lipinski definition) is 0. The first-order valence-electron chi connectivity index (χ1n) is 3.59. The monoisotopic (exact) mass is 289 g/mol. The Labute approximate surface area is 90.3 Å². The van der Waals surface area contributed by atoms with Crippen molar-refractivity contribution in [3.05, 3.63) is 27.3 Å². The molecule has 0 aliphatic rings. The summed E-state index contributed by atoms with van der Waals surface area (Å²) in [6.07, 6.45) is 0. The van der Waals surface area contributed by atoms with Crippen LogP contribution in [0.4, 0.5) is 0 Å². The van der Waals surface area contributed by atoms with Gasteiger partial charge >= 0.3 is 0 Å². The third-order valence-electron chi connectivity index (χ3n) is 1.31. The highest BCUT2D eigenvalue weighted by molar-refractivity contribution is 14.1. The molecule has 3 heteroatoms. The van der Waals surface area contributed by atoms with Crippen LogP contribution in [0.15, 0.2) is 23.1 Å². The van der Waals surface area contributed by atoms with Crippen LogP contribution in [0.2, 0.25) is 0 Å². The van der Waals surface area contributed by atoms with Gasteiger partial charge in [0.2, 0.25) is 0 Å². The lowest BCUT2D eigenvalue weighted by Crippen LogP contribution is -1.80. The van der Waals surface area contributed by atoms with E-state index in [1.165, 1.54) is 4.90 Å². The molecule has 1 aromatic carbocycles. The molecule has 0 fully saturated rings. The molecule has 0 saturated carbocycles. The second-order valence-corrected chi connectivity index (χ2v) is 4.80. The van der Waals surface area contributed by atoms with Crippen molar-refractivity contribution in [3.8, 4) is 6.07 Å². The molecule has 0 heterocycles. The molecule has 0 spiro atoms. The molecule has 12 heavy (non-hydrogen) atoms. The normalized spacial score (nSPS) is 9.42. The molecule has 0 unspecified atom stereocenters. The first-order chi connectivity index (χ1) is 5.76. The number of thioether (sulfide) groups is 1. The van der Waals surface area contributed by atoms with Crippen LogP contribution in [-0.2, 0) is 0 Å². The molecule has 0 radical (unpaired) electrons. The van der Waals surface area contributed by atoms with Gasteiger partial charge in [-0.2, -0.15) is 5.26 Å². The zero-order valence-electron chi connectivity index (χ0n) is 6.67. The molecule has 1 rings (SSSR count). The lowest BCUT2D eigenvalue weighted by atomic mass is 10.2. The van der Waals surface area contributed by atoms with Crippen LogP contribution in [0.5, 0.6) is 0 Å². The minimum absolute atomic E-state index is 0.748. The molecule has 0 aliphatic carbocycles. The van der Waals surface area contributed by atoms with Crippen LogP contribution in [-0.4, -0.2) is 5.75 Å². The van der Waals surface area contributed by atoms with E-state index in [9.17, 15) is 0 Å². The average molecular weight is 289 g/mol. The molecular formula is C9H8INS. The van der Waals surface area contributed by atoms with Gasteiger partial charge in [-0.25, -0.2) is 0 Å². The quantitative estimate of drug-likeness (QED) is 0.616. The molecular weight excluding hydrogens is 281 g/mol. The Morgan fingerprint density at radius 2 is 2.25 bits per heavy atom. The van der Waals surface area contributed by atoms with E-state index in [1.54, 1.807) is 11.8 Å². The van der Waals surface area contributed by atoms with Crippen LogP contribution < -0.4 is 0 Å². The fraction of sp³-hybridized carbons (Fsp3) is 0.222. The second kappa shape index (κ2) is 4.73. The summed E-state index contributed by atoms with van der Waals surface area (Å²) in [5.74, 6) is 1.05. The highest BCUT2D eigenvalue weighted by Crippen LogP contribution is 2.21. The maximum atomic E-state index is 8.69. The molecule has 0 saturated heterocycles. The molecule has 62 valence electrons. The van der Waals surface area contributed by atoms with Crippen LogP contribution in [0.3, 0.4) is 0 Å². The Balaban J connectivity index is 3.00. The number of rotatable bonds is 2. The van der Waals surface area contributed by atoms with E-state index < -0.39 is 0 Å². The lowest BCUT2D eigenvalue weighted by molar-refractivity contribution is 1.37. The van der Waals surface area contributed by atoms with E-state index in [2.05, 4.69) is 41.7 Å². The van der Waals surface area contributed by atoms with Crippen molar-refractivity contribution in [2.24, 2.45) is 0 Å². The zero-order valence-corrected chi connectivity index (χ0v) is 9.65. The molecule has 0 amide bonds. The fourth-order valence-electron chi connectivity index (χ4n) is 0.877. The standard InChI is InChI=1S/C9H8INS/c1-2-12-9-4-7(6-11)3-8(10)5-9/h3-5H,2H2,1H3. The highest BCUT2D eigenvalue weighted by atomic mass is 127. The second-order valence-electron chi connectivity index (χ2n) is 2.22. The van der Waals surface area contributed by atoms with Crippen LogP contribution >= 0.6 is 34.4 Å². The predicted molar refractivity (Wildman–Crippen MR) is 60.3 cm³/mol. The van der Waals surface area contributed by atoms with E-state index in [4.69, 9.17) is 5.26 Å². The topological polar surface area (TPSA) is 23.8 Å². The van der Waals surface area contributed by atoms with Crippen LogP contribution in [0.1, 0.15) is 12.5 Å². The first kappa shape index (κ1) is 9.87. The summed E-state index contributed by atoms with van der Waals surface area (Å²) in [5.41, 5.74) is 0.748. The summed E-state index contributed by atoms with van der Waals surface area (Å²) in [4.78, 5) is 1.18. The third kappa shape index (κ3) is 2.68. The summed E-state index contributed by atoms with van der Waals surface area (Å²) in [5, 5.41) is 8.69. The molecule has 0 aliphatic heterocycles. The van der Waals surface area contributed by atoms with Gasteiger partial charge in [0, 0.05) is 8.47 Å². The molecule has 0 atom stereocenters. The van der Waals surface area contributed by atoms with Crippen molar-refractivity contribution < 1.29 is 0 Å². The van der Waals surface area contributed by atoms with E-state index >= 15 is 0 Å². The lowest BCUT2D eigenvalue weighted by Gasteiger charge is -1.99. The summed E-state index contributed by atoms with van der Waals surface area (Å²) in [7, 11) is 0. The van der Waals surface area contributed by atoms with Gasteiger partial charge in [0.25, 0.3) is 0 Å². The van der Waals surface area contributed by atoms with E-state index in [-0.39, 0.29) is 0 Å². The van der Waals surface area contributed by atoms with Crippen molar-refractivity contribution in [3.63, 3.8) is 0 Å². The van der Waals surface area contributed by atoms with E-state index in [0.29, 0.717) is 0 Å². The summed E-state index contributed by atoms with van der Waals surface area (Å²) in [6.45, 7) is 2.11. The Bertz CT molecular complexity index is 317. The van der Waals surface area contributed by atoms with Gasteiger partial charge in [-0.05, 0) is 46.5 Å². The summed E-state index contributed by atoms with van der Waals surface area (Å²) >= 11 is 3.99. The van der Waals surface area contributed by atoms with Crippen molar-refractivity contribution >= 4 is 34.4 Å². The van der Waals surface area contributed by atoms with Crippen LogP contribution in [0.25, 0.3) is 0 Å². The largest absolute Gasteiger partial charge is 0.192 e. The maximum absolute atomic E-state index is 8.69. The molecule has 0 N–H and O–H groups in total. The van der Waals surface area contributed by atoms with Crippen molar-refractivity contribution in [1.82, 2.24) is 0 Å². The smallest absolute Gasteiger partial charge is 0.0992 e. The number of nitrogens with zero attached hydrogens (tertiary/aromatic N) is 1. The average Bonchev–Trinajstić information content (AvgIpc) is 2.04. The van der Waals surface area contributed by atoms with Crippen molar-refractivity contribution in [1.29, 1.82) is 5.26 Å². The molecule has 1 aromatic rings. The summed E-state index contributed by atoms with van der Waals surface area (Å²) in [6, 6.07) is 8.06. The minimum atomic E-state index is 0.748. The Hall–Kier alpha value is -0.210. The SMILES string of the molecule is CCSc1cc(I)cc(C#N)c1. The van der Waals surface area contributed by atoms with Crippen LogP contribution in [0, 0.1) is 14.9 Å². The predicted octanol–water partition coefficient (Wildman–Crippen LogP) is 3.27. The minimum Gasteiger partial charge on any atom is -0.192 e. The van der Waals surface area contributed by atoms with Gasteiger partial charge in [-0.1, -0.05) is 6.92 Å². The number of halogens is 1. The third-order valence-corrected chi connectivity index (χ3v) is 2.79. The van der Waals surface area contributed by atoms with E-state index in [0.717, 1.165) is 14.9 Å². The van der Waals surface area contributed by atoms with E-state index in [1.807, 2.05) is 12.1 Å². The number of nitriles is 1.